The quantitative estimate of drug-likeness (QED) is 0.596. The van der Waals surface area contributed by atoms with E-state index in [1.807, 2.05) is 19.1 Å². The van der Waals surface area contributed by atoms with Crippen LogP contribution in [0.4, 0.5) is 18.9 Å². The van der Waals surface area contributed by atoms with E-state index in [1.165, 1.54) is 18.2 Å². The number of aliphatic hydroxyl groups is 1. The van der Waals surface area contributed by atoms with Crippen LogP contribution >= 0.6 is 0 Å². The van der Waals surface area contributed by atoms with Crippen LogP contribution < -0.4 is 10.9 Å². The van der Waals surface area contributed by atoms with Gasteiger partial charge in [0.25, 0.3) is 5.91 Å². The molecule has 2 atom stereocenters. The number of nitrogens with one attached hydrogen (secondary N) is 1. The fraction of sp³-hybridized carbons (Fsp3) is 0.375. The molecule has 2 aromatic carbocycles. The third-order valence-electron chi connectivity index (χ3n) is 6.28. The molecule has 0 bridgehead atoms. The average molecular weight is 460 g/mol. The molecule has 0 aliphatic heterocycles. The number of hydrogen-bond donors (Lipinski definition) is 2. The van der Waals surface area contributed by atoms with Crippen LogP contribution in [-0.4, -0.2) is 27.9 Å². The number of nitrogens with zero attached hydrogens (tertiary/aromatic N) is 1. The topological polar surface area (TPSA) is 92.4 Å². The van der Waals surface area contributed by atoms with Crippen LogP contribution in [0.1, 0.15) is 47.6 Å². The number of aryl methyl sites for hydroxylation is 3. The van der Waals surface area contributed by atoms with Gasteiger partial charge in [0.05, 0.1) is 11.1 Å². The summed E-state index contributed by atoms with van der Waals surface area (Å²) in [6, 6.07) is 9.50. The summed E-state index contributed by atoms with van der Waals surface area (Å²) in [4.78, 5) is 24.6. The number of amides is 1. The Kier molecular flexibility index (Phi) is 5.78. The lowest BCUT2D eigenvalue weighted by atomic mass is 9.76. The number of anilines is 1. The second kappa shape index (κ2) is 8.30. The van der Waals surface area contributed by atoms with Crippen molar-refractivity contribution >= 4 is 22.4 Å². The minimum Gasteiger partial charge on any atom is -0.373 e. The van der Waals surface area contributed by atoms with Gasteiger partial charge in [0.15, 0.2) is 0 Å². The monoisotopic (exact) mass is 460 g/mol. The zero-order chi connectivity index (χ0) is 24.0. The van der Waals surface area contributed by atoms with Gasteiger partial charge in [-0.05, 0) is 68.4 Å². The molecule has 0 radical (unpaired) electrons. The predicted octanol–water partition coefficient (Wildman–Crippen LogP) is 4.55. The molecule has 6 nitrogen and oxygen atoms in total. The van der Waals surface area contributed by atoms with Crippen molar-refractivity contribution in [2.24, 2.45) is 0 Å². The highest BCUT2D eigenvalue weighted by atomic mass is 19.4. The third-order valence-corrected chi connectivity index (χ3v) is 6.28. The smallest absolute Gasteiger partial charge is 0.373 e. The Morgan fingerprint density at radius 3 is 2.67 bits per heavy atom. The van der Waals surface area contributed by atoms with Gasteiger partial charge in [-0.15, -0.1) is 0 Å². The molecular weight excluding hydrogens is 437 g/mol. The first-order chi connectivity index (χ1) is 15.5. The molecule has 2 N–H and O–H groups in total. The van der Waals surface area contributed by atoms with Crippen LogP contribution in [0.5, 0.6) is 0 Å². The van der Waals surface area contributed by atoms with Crippen LogP contribution in [0.15, 0.2) is 45.7 Å². The summed E-state index contributed by atoms with van der Waals surface area (Å²) in [5.41, 5.74) is -1.25. The van der Waals surface area contributed by atoms with Crippen LogP contribution in [0.25, 0.3) is 10.8 Å². The third kappa shape index (κ3) is 4.25. The van der Waals surface area contributed by atoms with Crippen molar-refractivity contribution in [3.63, 3.8) is 0 Å². The molecule has 0 saturated carbocycles. The summed E-state index contributed by atoms with van der Waals surface area (Å²) in [6.07, 6.45) is -4.10. The van der Waals surface area contributed by atoms with Crippen molar-refractivity contribution in [3.05, 3.63) is 69.2 Å². The highest BCUT2D eigenvalue weighted by Crippen LogP contribution is 2.43. The Morgan fingerprint density at radius 2 is 1.94 bits per heavy atom. The van der Waals surface area contributed by atoms with Crippen LogP contribution in [0.3, 0.4) is 0 Å². The molecule has 2 unspecified atom stereocenters. The largest absolute Gasteiger partial charge is 0.426 e. The van der Waals surface area contributed by atoms with E-state index < -0.39 is 35.6 Å². The van der Waals surface area contributed by atoms with E-state index in [0.717, 1.165) is 23.1 Å². The van der Waals surface area contributed by atoms with Crippen molar-refractivity contribution < 1.29 is 27.6 Å². The van der Waals surface area contributed by atoms with Crippen molar-refractivity contribution in [1.29, 1.82) is 0 Å². The SMILES string of the molecule is Cc1ccc2c(c1)CCCC2CC(O)(C(=O)Nc1ccc2c(=O)onc(C)c2c1)C(F)(F)F. The summed E-state index contributed by atoms with van der Waals surface area (Å²) < 4.78 is 46.8. The Balaban J connectivity index is 1.66. The molecule has 0 saturated heterocycles. The van der Waals surface area contributed by atoms with E-state index in [2.05, 4.69) is 15.0 Å². The van der Waals surface area contributed by atoms with Gasteiger partial charge in [-0.2, -0.15) is 13.2 Å². The maximum absolute atomic E-state index is 14.0. The lowest BCUT2D eigenvalue weighted by Crippen LogP contribution is -2.55. The second-order valence-electron chi connectivity index (χ2n) is 8.62. The standard InChI is InChI=1S/C24H23F3N2O4/c1-13-6-8-18-15(10-13)4-3-5-16(18)12-23(32,24(25,26)27)22(31)28-17-7-9-19-20(11-17)14(2)29-33-21(19)30/h6-11,16,32H,3-5,12H2,1-2H3,(H,28,31). The van der Waals surface area contributed by atoms with Gasteiger partial charge in [-0.3, -0.25) is 4.79 Å². The Morgan fingerprint density at radius 1 is 1.18 bits per heavy atom. The van der Waals surface area contributed by atoms with Crippen molar-refractivity contribution in [2.45, 2.75) is 57.2 Å². The van der Waals surface area contributed by atoms with E-state index in [9.17, 15) is 27.9 Å². The molecule has 4 rings (SSSR count). The highest BCUT2D eigenvalue weighted by molar-refractivity contribution is 5.99. The molecule has 1 aromatic heterocycles. The molecule has 1 heterocycles. The number of halogens is 3. The normalized spacial score (nSPS) is 17.9. The zero-order valence-electron chi connectivity index (χ0n) is 18.1. The zero-order valence-corrected chi connectivity index (χ0v) is 18.1. The Labute approximate surface area is 187 Å². The second-order valence-corrected chi connectivity index (χ2v) is 8.62. The minimum absolute atomic E-state index is 0.00495. The van der Waals surface area contributed by atoms with E-state index in [4.69, 9.17) is 0 Å². The molecule has 3 aromatic rings. The highest BCUT2D eigenvalue weighted by Gasteiger charge is 2.60. The van der Waals surface area contributed by atoms with E-state index in [1.54, 1.807) is 13.0 Å². The number of fused-ring (bicyclic) bond motifs is 2. The van der Waals surface area contributed by atoms with Gasteiger partial charge in [-0.25, -0.2) is 4.79 Å². The first kappa shape index (κ1) is 23.0. The molecule has 9 heteroatoms. The molecule has 1 amide bonds. The Bertz CT molecular complexity index is 1280. The number of carbonyl (C=O) groups excluding carboxylic acids is 1. The predicted molar refractivity (Wildman–Crippen MR) is 116 cm³/mol. The lowest BCUT2D eigenvalue weighted by molar-refractivity contribution is -0.252. The number of aromatic nitrogens is 1. The number of alkyl halides is 3. The van der Waals surface area contributed by atoms with Gasteiger partial charge in [0.1, 0.15) is 0 Å². The van der Waals surface area contributed by atoms with Gasteiger partial charge >= 0.3 is 11.8 Å². The van der Waals surface area contributed by atoms with Crippen molar-refractivity contribution in [1.82, 2.24) is 5.16 Å². The number of rotatable bonds is 4. The molecular formula is C24H23F3N2O4. The number of benzene rings is 2. The van der Waals surface area contributed by atoms with Crippen LogP contribution in [0, 0.1) is 13.8 Å². The van der Waals surface area contributed by atoms with Gasteiger partial charge in [-0.1, -0.05) is 28.9 Å². The summed E-state index contributed by atoms with van der Waals surface area (Å²) in [5, 5.41) is 17.0. The molecule has 0 spiro atoms. The Hall–Kier alpha value is -3.20. The van der Waals surface area contributed by atoms with E-state index in [0.29, 0.717) is 23.9 Å². The molecule has 174 valence electrons. The summed E-state index contributed by atoms with van der Waals surface area (Å²) >= 11 is 0. The fourth-order valence-corrected chi connectivity index (χ4v) is 4.49. The molecule has 1 aliphatic rings. The van der Waals surface area contributed by atoms with Gasteiger partial charge < -0.3 is 14.9 Å². The van der Waals surface area contributed by atoms with Crippen molar-refractivity contribution in [3.8, 4) is 0 Å². The van der Waals surface area contributed by atoms with E-state index in [-0.39, 0.29) is 11.1 Å². The minimum atomic E-state index is -5.19. The fourth-order valence-electron chi connectivity index (χ4n) is 4.49. The van der Waals surface area contributed by atoms with E-state index >= 15 is 0 Å². The summed E-state index contributed by atoms with van der Waals surface area (Å²) in [6.45, 7) is 3.47. The van der Waals surface area contributed by atoms with Crippen LogP contribution in [0.2, 0.25) is 0 Å². The molecule has 0 fully saturated rings. The molecule has 33 heavy (non-hydrogen) atoms. The maximum atomic E-state index is 14.0. The number of hydrogen-bond acceptors (Lipinski definition) is 5. The summed E-state index contributed by atoms with van der Waals surface area (Å²) in [7, 11) is 0. The lowest BCUT2D eigenvalue weighted by Gasteiger charge is -2.35. The first-order valence-corrected chi connectivity index (χ1v) is 10.6. The van der Waals surface area contributed by atoms with Gasteiger partial charge in [0.2, 0.25) is 5.60 Å². The number of carbonyl (C=O) groups is 1. The maximum Gasteiger partial charge on any atom is 0.426 e. The molecule has 1 aliphatic carbocycles. The average Bonchev–Trinajstić information content (AvgIpc) is 2.75. The van der Waals surface area contributed by atoms with Crippen LogP contribution in [-0.2, 0) is 11.2 Å². The van der Waals surface area contributed by atoms with Crippen molar-refractivity contribution in [2.75, 3.05) is 5.32 Å². The summed E-state index contributed by atoms with van der Waals surface area (Å²) in [5.74, 6) is -2.18. The first-order valence-electron chi connectivity index (χ1n) is 10.6. The van der Waals surface area contributed by atoms with Gasteiger partial charge in [0, 0.05) is 17.5 Å².